The van der Waals surface area contributed by atoms with Gasteiger partial charge >= 0.3 is 5.97 Å². The standard InChI is InChI=1S/C17H17BrO4/c1-3-21-15-7-12(9-17(19)20-2)8-16(11-15)22-14-6-4-5-13(18)10-14/h4-8,10-11H,3,9H2,1-2H3. The Morgan fingerprint density at radius 3 is 2.55 bits per heavy atom. The van der Waals surface area contributed by atoms with Crippen molar-refractivity contribution in [2.45, 2.75) is 13.3 Å². The Morgan fingerprint density at radius 1 is 1.09 bits per heavy atom. The highest BCUT2D eigenvalue weighted by molar-refractivity contribution is 9.10. The summed E-state index contributed by atoms with van der Waals surface area (Å²) in [5.74, 6) is 1.67. The molecule has 0 fully saturated rings. The van der Waals surface area contributed by atoms with E-state index in [0.717, 1.165) is 10.0 Å². The smallest absolute Gasteiger partial charge is 0.309 e. The molecule has 4 nitrogen and oxygen atoms in total. The van der Waals surface area contributed by atoms with Crippen LogP contribution in [0.1, 0.15) is 12.5 Å². The average Bonchev–Trinajstić information content (AvgIpc) is 2.47. The number of halogens is 1. The van der Waals surface area contributed by atoms with E-state index in [-0.39, 0.29) is 12.4 Å². The third kappa shape index (κ3) is 4.77. The molecule has 22 heavy (non-hydrogen) atoms. The maximum Gasteiger partial charge on any atom is 0.309 e. The summed E-state index contributed by atoms with van der Waals surface area (Å²) >= 11 is 3.41. The largest absolute Gasteiger partial charge is 0.494 e. The minimum Gasteiger partial charge on any atom is -0.494 e. The molecule has 2 rings (SSSR count). The topological polar surface area (TPSA) is 44.8 Å². The number of benzene rings is 2. The molecule has 5 heteroatoms. The van der Waals surface area contributed by atoms with E-state index in [1.54, 1.807) is 12.1 Å². The molecule has 2 aromatic carbocycles. The van der Waals surface area contributed by atoms with E-state index < -0.39 is 0 Å². The van der Waals surface area contributed by atoms with Crippen LogP contribution < -0.4 is 9.47 Å². The first-order chi connectivity index (χ1) is 10.6. The number of rotatable bonds is 6. The van der Waals surface area contributed by atoms with Crippen molar-refractivity contribution >= 4 is 21.9 Å². The number of hydrogen-bond donors (Lipinski definition) is 0. The molecule has 0 heterocycles. The molecular weight excluding hydrogens is 348 g/mol. The summed E-state index contributed by atoms with van der Waals surface area (Å²) in [4.78, 5) is 11.5. The van der Waals surface area contributed by atoms with Crippen LogP contribution in [-0.4, -0.2) is 19.7 Å². The number of methoxy groups -OCH3 is 1. The maximum atomic E-state index is 11.5. The second-order valence-corrected chi connectivity index (χ2v) is 5.47. The molecular formula is C17H17BrO4. The number of hydrogen-bond acceptors (Lipinski definition) is 4. The SMILES string of the molecule is CCOc1cc(CC(=O)OC)cc(Oc2cccc(Br)c2)c1. The third-order valence-electron chi connectivity index (χ3n) is 2.86. The van der Waals surface area contributed by atoms with Gasteiger partial charge in [0.2, 0.25) is 0 Å². The van der Waals surface area contributed by atoms with Crippen LogP contribution in [0.4, 0.5) is 0 Å². The first kappa shape index (κ1) is 16.4. The fourth-order valence-electron chi connectivity index (χ4n) is 1.95. The van der Waals surface area contributed by atoms with Gasteiger partial charge in [0.25, 0.3) is 0 Å². The van der Waals surface area contributed by atoms with Crippen LogP contribution in [0.3, 0.4) is 0 Å². The zero-order chi connectivity index (χ0) is 15.9. The van der Waals surface area contributed by atoms with Crippen LogP contribution in [0.2, 0.25) is 0 Å². The summed E-state index contributed by atoms with van der Waals surface area (Å²) in [6, 6.07) is 13.0. The lowest BCUT2D eigenvalue weighted by Gasteiger charge is -2.11. The van der Waals surface area contributed by atoms with Gasteiger partial charge in [0.15, 0.2) is 0 Å². The molecule has 0 bridgehead atoms. The molecule has 0 aliphatic heterocycles. The molecule has 2 aromatic rings. The van der Waals surface area contributed by atoms with Crippen molar-refractivity contribution < 1.29 is 19.0 Å². The summed E-state index contributed by atoms with van der Waals surface area (Å²) in [5, 5.41) is 0. The fourth-order valence-corrected chi connectivity index (χ4v) is 2.33. The van der Waals surface area contributed by atoms with Gasteiger partial charge in [-0.1, -0.05) is 22.0 Å². The number of ether oxygens (including phenoxy) is 3. The van der Waals surface area contributed by atoms with Crippen molar-refractivity contribution in [2.75, 3.05) is 13.7 Å². The maximum absolute atomic E-state index is 11.5. The van der Waals surface area contributed by atoms with Crippen LogP contribution in [-0.2, 0) is 16.0 Å². The highest BCUT2D eigenvalue weighted by Gasteiger charge is 2.09. The normalized spacial score (nSPS) is 10.1. The lowest BCUT2D eigenvalue weighted by atomic mass is 10.1. The van der Waals surface area contributed by atoms with Crippen molar-refractivity contribution in [3.63, 3.8) is 0 Å². The van der Waals surface area contributed by atoms with Gasteiger partial charge in [-0.2, -0.15) is 0 Å². The van der Waals surface area contributed by atoms with E-state index in [2.05, 4.69) is 15.9 Å². The van der Waals surface area contributed by atoms with Crippen molar-refractivity contribution in [3.05, 3.63) is 52.5 Å². The van der Waals surface area contributed by atoms with Crippen LogP contribution in [0.5, 0.6) is 17.2 Å². The van der Waals surface area contributed by atoms with Crippen molar-refractivity contribution in [1.29, 1.82) is 0 Å². The van der Waals surface area contributed by atoms with Crippen LogP contribution >= 0.6 is 15.9 Å². The van der Waals surface area contributed by atoms with Crippen molar-refractivity contribution in [3.8, 4) is 17.2 Å². The number of carbonyl (C=O) groups excluding carboxylic acids is 1. The lowest BCUT2D eigenvalue weighted by Crippen LogP contribution is -2.05. The minimum atomic E-state index is -0.304. The summed E-state index contributed by atoms with van der Waals surface area (Å²) in [7, 11) is 1.37. The zero-order valence-corrected chi connectivity index (χ0v) is 14.1. The van der Waals surface area contributed by atoms with Crippen molar-refractivity contribution in [1.82, 2.24) is 0 Å². The van der Waals surface area contributed by atoms with Gasteiger partial charge < -0.3 is 14.2 Å². The summed E-state index contributed by atoms with van der Waals surface area (Å²) in [6.07, 6.45) is 0.173. The molecule has 116 valence electrons. The molecule has 0 saturated carbocycles. The fraction of sp³-hybridized carbons (Fsp3) is 0.235. The van der Waals surface area contributed by atoms with Gasteiger partial charge in [0.05, 0.1) is 20.1 Å². The summed E-state index contributed by atoms with van der Waals surface area (Å²) in [6.45, 7) is 2.44. The molecule has 0 unspecified atom stereocenters. The number of esters is 1. The molecule has 0 N–H and O–H groups in total. The second kappa shape index (κ2) is 7.84. The van der Waals surface area contributed by atoms with E-state index in [1.807, 2.05) is 37.3 Å². The van der Waals surface area contributed by atoms with Crippen LogP contribution in [0.25, 0.3) is 0 Å². The molecule has 0 spiro atoms. The lowest BCUT2D eigenvalue weighted by molar-refractivity contribution is -0.139. The first-order valence-electron chi connectivity index (χ1n) is 6.87. The van der Waals surface area contributed by atoms with Gasteiger partial charge in [0.1, 0.15) is 17.2 Å². The third-order valence-corrected chi connectivity index (χ3v) is 3.35. The average molecular weight is 365 g/mol. The van der Waals surface area contributed by atoms with E-state index in [1.165, 1.54) is 7.11 Å². The Labute approximate surface area is 138 Å². The predicted octanol–water partition coefficient (Wildman–Crippen LogP) is 4.36. The molecule has 0 aliphatic carbocycles. The zero-order valence-electron chi connectivity index (χ0n) is 12.5. The molecule has 0 aromatic heterocycles. The predicted molar refractivity (Wildman–Crippen MR) is 87.5 cm³/mol. The van der Waals surface area contributed by atoms with Gasteiger partial charge in [-0.15, -0.1) is 0 Å². The Kier molecular flexibility index (Phi) is 5.83. The number of carbonyl (C=O) groups is 1. The Morgan fingerprint density at radius 2 is 1.86 bits per heavy atom. The quantitative estimate of drug-likeness (QED) is 0.714. The first-order valence-corrected chi connectivity index (χ1v) is 7.67. The Bertz CT molecular complexity index is 655. The van der Waals surface area contributed by atoms with Gasteiger partial charge in [-0.25, -0.2) is 0 Å². The summed E-state index contributed by atoms with van der Waals surface area (Å²) < 4.78 is 17.0. The van der Waals surface area contributed by atoms with E-state index >= 15 is 0 Å². The molecule has 0 radical (unpaired) electrons. The molecule has 0 amide bonds. The second-order valence-electron chi connectivity index (χ2n) is 4.56. The Hall–Kier alpha value is -2.01. The molecule has 0 saturated heterocycles. The van der Waals surface area contributed by atoms with E-state index in [4.69, 9.17) is 14.2 Å². The van der Waals surface area contributed by atoms with E-state index in [9.17, 15) is 4.79 Å². The van der Waals surface area contributed by atoms with Crippen LogP contribution in [0, 0.1) is 0 Å². The molecule has 0 aliphatic rings. The highest BCUT2D eigenvalue weighted by atomic mass is 79.9. The van der Waals surface area contributed by atoms with E-state index in [0.29, 0.717) is 23.9 Å². The van der Waals surface area contributed by atoms with Gasteiger partial charge in [-0.3, -0.25) is 4.79 Å². The van der Waals surface area contributed by atoms with Gasteiger partial charge in [-0.05, 0) is 42.8 Å². The minimum absolute atomic E-state index is 0.173. The highest BCUT2D eigenvalue weighted by Crippen LogP contribution is 2.29. The van der Waals surface area contributed by atoms with Crippen LogP contribution in [0.15, 0.2) is 46.9 Å². The monoisotopic (exact) mass is 364 g/mol. The van der Waals surface area contributed by atoms with Gasteiger partial charge in [0, 0.05) is 10.5 Å². The molecule has 0 atom stereocenters. The summed E-state index contributed by atoms with van der Waals surface area (Å²) in [5.41, 5.74) is 0.780. The Balaban J connectivity index is 2.26. The van der Waals surface area contributed by atoms with Crippen molar-refractivity contribution in [2.24, 2.45) is 0 Å².